The van der Waals surface area contributed by atoms with Crippen molar-refractivity contribution in [2.24, 2.45) is 0 Å². The van der Waals surface area contributed by atoms with Crippen molar-refractivity contribution in [3.63, 3.8) is 0 Å². The van der Waals surface area contributed by atoms with Crippen molar-refractivity contribution in [3.05, 3.63) is 0 Å². The molecule has 0 rings (SSSR count). The molecule has 0 bridgehead atoms. The van der Waals surface area contributed by atoms with Crippen LogP contribution in [0.4, 0.5) is 0 Å². The first-order valence-corrected chi connectivity index (χ1v) is 4.91. The van der Waals surface area contributed by atoms with Crippen LogP contribution in [0, 0.1) is 0 Å². The van der Waals surface area contributed by atoms with E-state index >= 15 is 0 Å². The van der Waals surface area contributed by atoms with Gasteiger partial charge in [-0.15, -0.1) is 0 Å². The molecule has 1 heteroatoms. The van der Waals surface area contributed by atoms with E-state index in [0.717, 1.165) is 15.0 Å². The third-order valence-electron chi connectivity index (χ3n) is 0.553. The van der Waals surface area contributed by atoms with Gasteiger partial charge in [0.05, 0.1) is 0 Å². The van der Waals surface area contributed by atoms with Crippen molar-refractivity contribution in [1.29, 1.82) is 0 Å². The standard InChI is InChI=1S/C5H12Se/c1-3-5-6-4-2/h3-5H2,1-2H3. The molecule has 0 aliphatic rings. The van der Waals surface area contributed by atoms with Crippen molar-refractivity contribution < 1.29 is 0 Å². The Hall–Kier alpha value is 0.519. The summed E-state index contributed by atoms with van der Waals surface area (Å²) in [6.45, 7) is 4.51. The summed E-state index contributed by atoms with van der Waals surface area (Å²) in [4.78, 5) is 0. The molecule has 6 heavy (non-hydrogen) atoms. The molecule has 0 aliphatic heterocycles. The molecule has 0 saturated heterocycles. The van der Waals surface area contributed by atoms with Gasteiger partial charge in [-0.25, -0.2) is 0 Å². The fourth-order valence-electron chi connectivity index (χ4n) is 0.289. The van der Waals surface area contributed by atoms with Gasteiger partial charge < -0.3 is 0 Å². The summed E-state index contributed by atoms with van der Waals surface area (Å²) < 4.78 is 0. The zero-order valence-corrected chi connectivity index (χ0v) is 6.24. The molecule has 0 aromatic heterocycles. The van der Waals surface area contributed by atoms with E-state index in [-0.39, 0.29) is 0 Å². The summed E-state index contributed by atoms with van der Waals surface area (Å²) in [5.41, 5.74) is 0. The number of hydrogen-bond donors (Lipinski definition) is 0. The fraction of sp³-hybridized carbons (Fsp3) is 1.00. The van der Waals surface area contributed by atoms with E-state index in [1.807, 2.05) is 0 Å². The van der Waals surface area contributed by atoms with E-state index in [4.69, 9.17) is 0 Å². The van der Waals surface area contributed by atoms with Crippen molar-refractivity contribution in [1.82, 2.24) is 0 Å². The molecule has 0 saturated carbocycles. The van der Waals surface area contributed by atoms with Gasteiger partial charge in [0.2, 0.25) is 0 Å². The van der Waals surface area contributed by atoms with E-state index in [1.165, 1.54) is 17.1 Å². The molecular weight excluding hydrogens is 139 g/mol. The molecule has 0 heterocycles. The molecule has 0 aliphatic carbocycles. The maximum atomic E-state index is 2.26. The van der Waals surface area contributed by atoms with Gasteiger partial charge in [-0.1, -0.05) is 0 Å². The minimum absolute atomic E-state index is 0.967. The van der Waals surface area contributed by atoms with Gasteiger partial charge in [0.1, 0.15) is 0 Å². The van der Waals surface area contributed by atoms with E-state index < -0.39 is 0 Å². The van der Waals surface area contributed by atoms with Crippen LogP contribution in [0.2, 0.25) is 10.6 Å². The first kappa shape index (κ1) is 6.52. The Balaban J connectivity index is 2.34. The Kier molecular flexibility index (Phi) is 6.00. The van der Waals surface area contributed by atoms with Gasteiger partial charge in [0, 0.05) is 0 Å². The van der Waals surface area contributed by atoms with Crippen LogP contribution in [0.5, 0.6) is 0 Å². The number of rotatable bonds is 3. The topological polar surface area (TPSA) is 0 Å². The Morgan fingerprint density at radius 3 is 2.17 bits per heavy atom. The molecule has 0 radical (unpaired) electrons. The van der Waals surface area contributed by atoms with Gasteiger partial charge in [0.15, 0.2) is 0 Å². The predicted molar refractivity (Wildman–Crippen MR) is 31.3 cm³/mol. The van der Waals surface area contributed by atoms with Crippen LogP contribution in [0.25, 0.3) is 0 Å². The van der Waals surface area contributed by atoms with Crippen molar-refractivity contribution in [2.45, 2.75) is 30.9 Å². The second kappa shape index (κ2) is 5.52. The first-order valence-electron chi connectivity index (χ1n) is 2.49. The summed E-state index contributed by atoms with van der Waals surface area (Å²) in [7, 11) is 0. The van der Waals surface area contributed by atoms with Crippen molar-refractivity contribution in [2.75, 3.05) is 0 Å². The van der Waals surface area contributed by atoms with Crippen LogP contribution in [-0.4, -0.2) is 15.0 Å². The SMILES string of the molecule is CCC[Se]CC. The molecular formula is C5H12Se. The van der Waals surface area contributed by atoms with Crippen LogP contribution >= 0.6 is 0 Å². The van der Waals surface area contributed by atoms with Gasteiger partial charge in [-0.3, -0.25) is 0 Å². The summed E-state index contributed by atoms with van der Waals surface area (Å²) >= 11 is 0.967. The van der Waals surface area contributed by atoms with Crippen LogP contribution < -0.4 is 0 Å². The molecule has 0 N–H and O–H groups in total. The van der Waals surface area contributed by atoms with Gasteiger partial charge in [-0.2, -0.15) is 0 Å². The molecule has 0 spiro atoms. The predicted octanol–water partition coefficient (Wildman–Crippen LogP) is 1.96. The van der Waals surface area contributed by atoms with Gasteiger partial charge in [0.25, 0.3) is 0 Å². The Morgan fingerprint density at radius 1 is 1.33 bits per heavy atom. The van der Waals surface area contributed by atoms with Gasteiger partial charge in [-0.05, 0) is 0 Å². The molecule has 0 amide bonds. The molecule has 38 valence electrons. The Morgan fingerprint density at radius 2 is 2.00 bits per heavy atom. The summed E-state index contributed by atoms with van der Waals surface area (Å²) in [5, 5.41) is 2.89. The molecule has 0 aromatic rings. The Bertz CT molecular complexity index is 15.9. The van der Waals surface area contributed by atoms with E-state index in [0.29, 0.717) is 0 Å². The fourth-order valence-corrected chi connectivity index (χ4v) is 1.50. The minimum atomic E-state index is 0.967. The summed E-state index contributed by atoms with van der Waals surface area (Å²) in [5.74, 6) is 0. The zero-order valence-electron chi connectivity index (χ0n) is 4.53. The van der Waals surface area contributed by atoms with E-state index in [2.05, 4.69) is 13.8 Å². The Labute approximate surface area is 46.5 Å². The average molecular weight is 151 g/mol. The third-order valence-corrected chi connectivity index (χ3v) is 2.87. The molecule has 0 atom stereocenters. The molecule has 0 nitrogen and oxygen atoms in total. The summed E-state index contributed by atoms with van der Waals surface area (Å²) in [6, 6.07) is 0. The normalized spacial score (nSPS) is 9.00. The van der Waals surface area contributed by atoms with E-state index in [9.17, 15) is 0 Å². The molecule has 0 fully saturated rings. The first-order chi connectivity index (χ1) is 2.91. The maximum absolute atomic E-state index is 2.26. The third kappa shape index (κ3) is 4.52. The molecule has 0 aromatic carbocycles. The average Bonchev–Trinajstić information content (AvgIpc) is 1.61. The van der Waals surface area contributed by atoms with Gasteiger partial charge >= 0.3 is 45.9 Å². The van der Waals surface area contributed by atoms with Crippen LogP contribution in [0.3, 0.4) is 0 Å². The van der Waals surface area contributed by atoms with Crippen molar-refractivity contribution >= 4 is 15.0 Å². The quantitative estimate of drug-likeness (QED) is 0.427. The zero-order chi connectivity index (χ0) is 4.83. The second-order valence-electron chi connectivity index (χ2n) is 1.20. The van der Waals surface area contributed by atoms with E-state index in [1.54, 1.807) is 0 Å². The van der Waals surface area contributed by atoms with Crippen LogP contribution in [-0.2, 0) is 0 Å². The monoisotopic (exact) mass is 152 g/mol. The number of hydrogen-bond acceptors (Lipinski definition) is 0. The van der Waals surface area contributed by atoms with Crippen molar-refractivity contribution in [3.8, 4) is 0 Å². The second-order valence-corrected chi connectivity index (χ2v) is 4.12. The van der Waals surface area contributed by atoms with Crippen LogP contribution in [0.1, 0.15) is 20.3 Å². The summed E-state index contributed by atoms with van der Waals surface area (Å²) in [6.07, 6.45) is 1.38. The van der Waals surface area contributed by atoms with Crippen LogP contribution in [0.15, 0.2) is 0 Å². The molecule has 0 unspecified atom stereocenters.